The Kier molecular flexibility index (Phi) is 3.30. The van der Waals surface area contributed by atoms with Gasteiger partial charge in [0.2, 0.25) is 0 Å². The van der Waals surface area contributed by atoms with E-state index >= 15 is 0 Å². The average molecular weight is 262 g/mol. The molecule has 3 aromatic rings. The monoisotopic (exact) mass is 262 g/mol. The lowest BCUT2D eigenvalue weighted by molar-refractivity contribution is -0.688. The van der Waals surface area contributed by atoms with E-state index in [-0.39, 0.29) is 5.78 Å². The van der Waals surface area contributed by atoms with Gasteiger partial charge in [0.05, 0.1) is 5.56 Å². The third kappa shape index (κ3) is 2.45. The molecule has 2 aromatic carbocycles. The summed E-state index contributed by atoms with van der Waals surface area (Å²) < 4.78 is 2.05. The van der Waals surface area contributed by atoms with Crippen molar-refractivity contribution in [3.63, 3.8) is 0 Å². The van der Waals surface area contributed by atoms with E-state index < -0.39 is 0 Å². The van der Waals surface area contributed by atoms with E-state index in [2.05, 4.69) is 47.0 Å². The Balaban J connectivity index is 2.01. The summed E-state index contributed by atoms with van der Waals surface area (Å²) in [6.45, 7) is 2.36. The first kappa shape index (κ1) is 12.5. The summed E-state index contributed by atoms with van der Waals surface area (Å²) in [5.74, 6) is 0.0947. The minimum absolute atomic E-state index is 0.0947. The van der Waals surface area contributed by atoms with E-state index in [4.69, 9.17) is 0 Å². The first-order chi connectivity index (χ1) is 9.74. The van der Waals surface area contributed by atoms with Gasteiger partial charge in [0.15, 0.2) is 24.7 Å². The lowest BCUT2D eigenvalue weighted by Crippen LogP contribution is -2.34. The molecule has 0 radical (unpaired) electrons. The molecule has 1 aromatic heterocycles. The summed E-state index contributed by atoms with van der Waals surface area (Å²) in [6, 6.07) is 18.5. The fourth-order valence-electron chi connectivity index (χ4n) is 2.46. The number of fused-ring (bicyclic) bond motifs is 1. The highest BCUT2D eigenvalue weighted by Crippen LogP contribution is 2.18. The maximum Gasteiger partial charge on any atom is 0.179 e. The highest BCUT2D eigenvalue weighted by Gasteiger charge is 2.09. The Morgan fingerprint density at radius 2 is 1.80 bits per heavy atom. The molecule has 2 nitrogen and oxygen atoms in total. The average Bonchev–Trinajstić information content (AvgIpc) is 2.48. The number of rotatable bonds is 3. The van der Waals surface area contributed by atoms with Crippen molar-refractivity contribution in [2.75, 3.05) is 0 Å². The molecule has 98 valence electrons. The van der Waals surface area contributed by atoms with Gasteiger partial charge in [-0.15, -0.1) is 0 Å². The van der Waals surface area contributed by atoms with E-state index in [1.807, 2.05) is 24.5 Å². The van der Waals surface area contributed by atoms with Crippen molar-refractivity contribution in [2.45, 2.75) is 13.5 Å². The molecule has 0 fully saturated rings. The molecule has 0 N–H and O–H groups in total. The van der Waals surface area contributed by atoms with Gasteiger partial charge in [0, 0.05) is 11.6 Å². The lowest BCUT2D eigenvalue weighted by Gasteiger charge is -2.04. The molecule has 0 aliphatic carbocycles. The molecule has 0 bridgehead atoms. The predicted octanol–water partition coefficient (Wildman–Crippen LogP) is 3.38. The smallest absolute Gasteiger partial charge is 0.179 e. The molecule has 0 saturated carbocycles. The van der Waals surface area contributed by atoms with Crippen LogP contribution in [0, 0.1) is 0 Å². The minimum Gasteiger partial charge on any atom is -0.294 e. The zero-order valence-corrected chi connectivity index (χ0v) is 11.4. The fraction of sp³-hybridized carbons (Fsp3) is 0.111. The van der Waals surface area contributed by atoms with Gasteiger partial charge >= 0.3 is 0 Å². The summed E-state index contributed by atoms with van der Waals surface area (Å²) in [4.78, 5) is 11.4. The standard InChI is InChI=1S/C18H16NO/c1-14(20)16-9-5-11-19(12-16)13-17-8-4-7-15-6-2-3-10-18(15)17/h2-12H,13H2,1H3/q+1. The van der Waals surface area contributed by atoms with E-state index in [0.717, 1.165) is 12.1 Å². The van der Waals surface area contributed by atoms with Crippen LogP contribution in [-0.2, 0) is 6.54 Å². The number of hydrogen-bond acceptors (Lipinski definition) is 1. The van der Waals surface area contributed by atoms with Gasteiger partial charge < -0.3 is 0 Å². The second-order valence-electron chi connectivity index (χ2n) is 4.96. The van der Waals surface area contributed by atoms with Gasteiger partial charge in [0.1, 0.15) is 0 Å². The number of carbonyl (C=O) groups is 1. The zero-order valence-electron chi connectivity index (χ0n) is 11.4. The van der Waals surface area contributed by atoms with Crippen molar-refractivity contribution in [1.82, 2.24) is 0 Å². The van der Waals surface area contributed by atoms with Crippen LogP contribution in [0.3, 0.4) is 0 Å². The molecule has 0 amide bonds. The Bertz CT molecular complexity index is 772. The first-order valence-corrected chi connectivity index (χ1v) is 6.71. The van der Waals surface area contributed by atoms with Gasteiger partial charge in [-0.1, -0.05) is 42.5 Å². The van der Waals surface area contributed by atoms with Crippen molar-refractivity contribution < 1.29 is 9.36 Å². The summed E-state index contributed by atoms with van der Waals surface area (Å²) in [7, 11) is 0. The largest absolute Gasteiger partial charge is 0.294 e. The maximum atomic E-state index is 11.4. The quantitative estimate of drug-likeness (QED) is 0.523. The molecule has 3 rings (SSSR count). The van der Waals surface area contributed by atoms with Gasteiger partial charge in [-0.05, 0) is 23.8 Å². The van der Waals surface area contributed by atoms with Crippen molar-refractivity contribution in [1.29, 1.82) is 0 Å². The van der Waals surface area contributed by atoms with Gasteiger partial charge in [0.25, 0.3) is 0 Å². The summed E-state index contributed by atoms with van der Waals surface area (Å²) in [5.41, 5.74) is 2.00. The topological polar surface area (TPSA) is 20.9 Å². The fourth-order valence-corrected chi connectivity index (χ4v) is 2.46. The predicted molar refractivity (Wildman–Crippen MR) is 79.7 cm³/mol. The second-order valence-corrected chi connectivity index (χ2v) is 4.96. The molecule has 0 saturated heterocycles. The lowest BCUT2D eigenvalue weighted by atomic mass is 10.0. The summed E-state index contributed by atoms with van der Waals surface area (Å²) in [6.07, 6.45) is 3.90. The van der Waals surface area contributed by atoms with E-state index in [9.17, 15) is 4.79 Å². The first-order valence-electron chi connectivity index (χ1n) is 6.71. The van der Waals surface area contributed by atoms with Crippen molar-refractivity contribution in [2.24, 2.45) is 0 Å². The molecule has 0 aliphatic heterocycles. The van der Waals surface area contributed by atoms with Crippen LogP contribution < -0.4 is 4.57 Å². The molecule has 0 unspecified atom stereocenters. The van der Waals surface area contributed by atoms with E-state index in [1.54, 1.807) is 6.92 Å². The highest BCUT2D eigenvalue weighted by molar-refractivity contribution is 5.93. The number of Topliss-reactive ketones (excluding diaryl/α,β-unsaturated/α-hetero) is 1. The maximum absolute atomic E-state index is 11.4. The Morgan fingerprint density at radius 1 is 1.00 bits per heavy atom. The van der Waals surface area contributed by atoms with Crippen molar-refractivity contribution in [3.8, 4) is 0 Å². The second kappa shape index (κ2) is 5.25. The summed E-state index contributed by atoms with van der Waals surface area (Å²) in [5, 5.41) is 2.50. The zero-order chi connectivity index (χ0) is 13.9. The van der Waals surface area contributed by atoms with Crippen LogP contribution >= 0.6 is 0 Å². The SMILES string of the molecule is CC(=O)c1ccc[n+](Cc2cccc3ccccc23)c1. The van der Waals surface area contributed by atoms with E-state index in [0.29, 0.717) is 0 Å². The van der Waals surface area contributed by atoms with Gasteiger partial charge in [-0.3, -0.25) is 4.79 Å². The van der Waals surface area contributed by atoms with Crippen LogP contribution in [0.4, 0.5) is 0 Å². The Hall–Kier alpha value is -2.48. The minimum atomic E-state index is 0.0947. The number of nitrogens with zero attached hydrogens (tertiary/aromatic N) is 1. The number of ketones is 1. The normalized spacial score (nSPS) is 10.7. The molecule has 0 atom stereocenters. The Labute approximate surface area is 118 Å². The molecule has 20 heavy (non-hydrogen) atoms. The van der Waals surface area contributed by atoms with Crippen LogP contribution in [-0.4, -0.2) is 5.78 Å². The van der Waals surface area contributed by atoms with E-state index in [1.165, 1.54) is 16.3 Å². The van der Waals surface area contributed by atoms with Crippen LogP contribution in [0.25, 0.3) is 10.8 Å². The van der Waals surface area contributed by atoms with Crippen LogP contribution in [0.1, 0.15) is 22.8 Å². The molecular formula is C18H16NO+. The van der Waals surface area contributed by atoms with Crippen LogP contribution in [0.15, 0.2) is 67.0 Å². The van der Waals surface area contributed by atoms with Crippen molar-refractivity contribution in [3.05, 3.63) is 78.1 Å². The van der Waals surface area contributed by atoms with Gasteiger partial charge in [-0.2, -0.15) is 0 Å². The molecular weight excluding hydrogens is 246 g/mol. The Morgan fingerprint density at radius 3 is 2.65 bits per heavy atom. The third-order valence-electron chi connectivity index (χ3n) is 3.50. The summed E-state index contributed by atoms with van der Waals surface area (Å²) >= 11 is 0. The number of pyridine rings is 1. The molecule has 1 heterocycles. The van der Waals surface area contributed by atoms with Crippen LogP contribution in [0.5, 0.6) is 0 Å². The number of aromatic nitrogens is 1. The molecule has 0 spiro atoms. The third-order valence-corrected chi connectivity index (χ3v) is 3.50. The van der Waals surface area contributed by atoms with Crippen molar-refractivity contribution >= 4 is 16.6 Å². The number of benzene rings is 2. The van der Waals surface area contributed by atoms with Gasteiger partial charge in [-0.25, -0.2) is 4.57 Å². The highest BCUT2D eigenvalue weighted by atomic mass is 16.1. The molecule has 0 aliphatic rings. The number of hydrogen-bond donors (Lipinski definition) is 0. The molecule has 2 heteroatoms. The number of carbonyl (C=O) groups excluding carboxylic acids is 1. The van der Waals surface area contributed by atoms with Crippen LogP contribution in [0.2, 0.25) is 0 Å².